The summed E-state index contributed by atoms with van der Waals surface area (Å²) in [5.74, 6) is 0.0966. The standard InChI is InChI=1S/C18H21N3O5S/c1-26-16-9-5-14(6-10-16)18(23)20-12-11-19-17(22)13-3-7-15(8-4-13)21-27(2,24)25/h3-10,21H,11-12H2,1-2H3,(H,19,22)(H,20,23). The lowest BCUT2D eigenvalue weighted by atomic mass is 10.2. The fourth-order valence-electron chi connectivity index (χ4n) is 2.20. The normalized spacial score (nSPS) is 10.7. The maximum absolute atomic E-state index is 12.1. The Bertz CT molecular complexity index is 894. The molecule has 2 aromatic rings. The Morgan fingerprint density at radius 3 is 1.70 bits per heavy atom. The fraction of sp³-hybridized carbons (Fsp3) is 0.222. The molecule has 0 fully saturated rings. The third-order valence-electron chi connectivity index (χ3n) is 3.50. The highest BCUT2D eigenvalue weighted by Crippen LogP contribution is 2.11. The number of amides is 2. The summed E-state index contributed by atoms with van der Waals surface area (Å²) in [5, 5.41) is 5.39. The number of hydrogen-bond donors (Lipinski definition) is 3. The van der Waals surface area contributed by atoms with Crippen LogP contribution in [0.25, 0.3) is 0 Å². The van der Waals surface area contributed by atoms with E-state index in [2.05, 4.69) is 15.4 Å². The van der Waals surface area contributed by atoms with Crippen LogP contribution in [0.3, 0.4) is 0 Å². The van der Waals surface area contributed by atoms with Crippen molar-refractivity contribution in [3.05, 3.63) is 59.7 Å². The van der Waals surface area contributed by atoms with Crippen LogP contribution >= 0.6 is 0 Å². The molecule has 2 aromatic carbocycles. The Morgan fingerprint density at radius 1 is 0.852 bits per heavy atom. The summed E-state index contributed by atoms with van der Waals surface area (Å²) in [6, 6.07) is 12.7. The van der Waals surface area contributed by atoms with Crippen molar-refractivity contribution in [3.8, 4) is 5.75 Å². The number of anilines is 1. The Morgan fingerprint density at radius 2 is 1.30 bits per heavy atom. The molecule has 27 heavy (non-hydrogen) atoms. The van der Waals surface area contributed by atoms with E-state index in [0.717, 1.165) is 6.26 Å². The zero-order valence-electron chi connectivity index (χ0n) is 15.0. The molecule has 0 aromatic heterocycles. The molecular weight excluding hydrogens is 370 g/mol. The van der Waals surface area contributed by atoms with Gasteiger partial charge in [0.2, 0.25) is 10.0 Å². The molecule has 0 radical (unpaired) electrons. The number of rotatable bonds is 8. The average molecular weight is 391 g/mol. The number of methoxy groups -OCH3 is 1. The summed E-state index contributed by atoms with van der Waals surface area (Å²) in [6.45, 7) is 0.522. The van der Waals surface area contributed by atoms with Gasteiger partial charge in [-0.05, 0) is 48.5 Å². The molecule has 144 valence electrons. The average Bonchev–Trinajstić information content (AvgIpc) is 2.64. The van der Waals surface area contributed by atoms with E-state index in [1.807, 2.05) is 0 Å². The minimum absolute atomic E-state index is 0.247. The van der Waals surface area contributed by atoms with Crippen LogP contribution in [0, 0.1) is 0 Å². The molecule has 0 saturated heterocycles. The van der Waals surface area contributed by atoms with E-state index in [1.165, 1.54) is 24.3 Å². The quantitative estimate of drug-likeness (QED) is 0.586. The van der Waals surface area contributed by atoms with Gasteiger partial charge in [0, 0.05) is 29.9 Å². The number of ether oxygens (including phenoxy) is 1. The van der Waals surface area contributed by atoms with Gasteiger partial charge in [-0.1, -0.05) is 0 Å². The fourth-order valence-corrected chi connectivity index (χ4v) is 2.77. The summed E-state index contributed by atoms with van der Waals surface area (Å²) < 4.78 is 29.7. The van der Waals surface area contributed by atoms with Crippen LogP contribution in [0.5, 0.6) is 5.75 Å². The van der Waals surface area contributed by atoms with Crippen molar-refractivity contribution in [1.82, 2.24) is 10.6 Å². The van der Waals surface area contributed by atoms with E-state index >= 15 is 0 Å². The topological polar surface area (TPSA) is 114 Å². The number of carbonyl (C=O) groups excluding carboxylic acids is 2. The number of nitrogens with one attached hydrogen (secondary N) is 3. The first-order chi connectivity index (χ1) is 12.8. The maximum atomic E-state index is 12.1. The number of hydrogen-bond acceptors (Lipinski definition) is 5. The van der Waals surface area contributed by atoms with Crippen molar-refractivity contribution >= 4 is 27.5 Å². The lowest BCUT2D eigenvalue weighted by molar-refractivity contribution is 0.0927. The first kappa shape index (κ1) is 20.2. The van der Waals surface area contributed by atoms with Crippen molar-refractivity contribution in [3.63, 3.8) is 0 Å². The molecule has 0 atom stereocenters. The second-order valence-corrected chi connectivity index (χ2v) is 7.44. The molecule has 0 aliphatic rings. The molecule has 0 aliphatic heterocycles. The lowest BCUT2D eigenvalue weighted by Gasteiger charge is -2.08. The predicted molar refractivity (Wildman–Crippen MR) is 103 cm³/mol. The number of carbonyl (C=O) groups is 2. The van der Waals surface area contributed by atoms with Gasteiger partial charge >= 0.3 is 0 Å². The van der Waals surface area contributed by atoms with Crippen molar-refractivity contribution in [1.29, 1.82) is 0 Å². The minimum atomic E-state index is -3.36. The largest absolute Gasteiger partial charge is 0.497 e. The molecule has 2 amide bonds. The van der Waals surface area contributed by atoms with Crippen molar-refractivity contribution in [2.45, 2.75) is 0 Å². The molecule has 0 unspecified atom stereocenters. The first-order valence-corrected chi connectivity index (χ1v) is 9.96. The van der Waals surface area contributed by atoms with Gasteiger partial charge in [0.05, 0.1) is 13.4 Å². The van der Waals surface area contributed by atoms with Gasteiger partial charge in [0.15, 0.2) is 0 Å². The lowest BCUT2D eigenvalue weighted by Crippen LogP contribution is -2.34. The molecule has 0 saturated carbocycles. The molecule has 0 aliphatic carbocycles. The molecule has 8 nitrogen and oxygen atoms in total. The van der Waals surface area contributed by atoms with E-state index in [1.54, 1.807) is 31.4 Å². The highest BCUT2D eigenvalue weighted by atomic mass is 32.2. The zero-order valence-corrected chi connectivity index (χ0v) is 15.8. The second kappa shape index (κ2) is 9.04. The molecular formula is C18H21N3O5S. The SMILES string of the molecule is COc1ccc(C(=O)NCCNC(=O)c2ccc(NS(C)(=O)=O)cc2)cc1. The van der Waals surface area contributed by atoms with Crippen LogP contribution in [0.2, 0.25) is 0 Å². The Kier molecular flexibility index (Phi) is 6.78. The monoisotopic (exact) mass is 391 g/mol. The van der Waals surface area contributed by atoms with Gasteiger partial charge < -0.3 is 15.4 Å². The van der Waals surface area contributed by atoms with Gasteiger partial charge in [-0.15, -0.1) is 0 Å². The van der Waals surface area contributed by atoms with Crippen molar-refractivity contribution in [2.24, 2.45) is 0 Å². The number of benzene rings is 2. The Labute approximate surface area is 158 Å². The van der Waals surface area contributed by atoms with Crippen LogP contribution in [-0.2, 0) is 10.0 Å². The van der Waals surface area contributed by atoms with Crippen LogP contribution in [0.1, 0.15) is 20.7 Å². The third-order valence-corrected chi connectivity index (χ3v) is 4.11. The highest BCUT2D eigenvalue weighted by Gasteiger charge is 2.08. The summed E-state index contributed by atoms with van der Waals surface area (Å²) >= 11 is 0. The maximum Gasteiger partial charge on any atom is 0.251 e. The van der Waals surface area contributed by atoms with Gasteiger partial charge in [-0.2, -0.15) is 0 Å². The molecule has 2 rings (SSSR count). The molecule has 0 spiro atoms. The minimum Gasteiger partial charge on any atom is -0.497 e. The van der Waals surface area contributed by atoms with E-state index in [0.29, 0.717) is 22.6 Å². The van der Waals surface area contributed by atoms with Crippen LogP contribution in [-0.4, -0.2) is 46.7 Å². The molecule has 0 heterocycles. The number of sulfonamides is 1. The summed E-state index contributed by atoms with van der Waals surface area (Å²) in [5.41, 5.74) is 1.26. The van der Waals surface area contributed by atoms with Crippen LogP contribution in [0.4, 0.5) is 5.69 Å². The predicted octanol–water partition coefficient (Wildman–Crippen LogP) is 1.23. The Balaban J connectivity index is 1.77. The van der Waals surface area contributed by atoms with Gasteiger partial charge in [-0.25, -0.2) is 8.42 Å². The van der Waals surface area contributed by atoms with Gasteiger partial charge in [0.1, 0.15) is 5.75 Å². The summed E-state index contributed by atoms with van der Waals surface area (Å²) in [7, 11) is -1.81. The van der Waals surface area contributed by atoms with E-state index in [9.17, 15) is 18.0 Å². The molecule has 3 N–H and O–H groups in total. The van der Waals surface area contributed by atoms with Gasteiger partial charge in [-0.3, -0.25) is 14.3 Å². The third kappa shape index (κ3) is 6.63. The second-order valence-electron chi connectivity index (χ2n) is 5.69. The van der Waals surface area contributed by atoms with E-state index < -0.39 is 10.0 Å². The molecule has 0 bridgehead atoms. The van der Waals surface area contributed by atoms with Gasteiger partial charge in [0.25, 0.3) is 11.8 Å². The smallest absolute Gasteiger partial charge is 0.251 e. The first-order valence-electron chi connectivity index (χ1n) is 8.07. The van der Waals surface area contributed by atoms with E-state index in [-0.39, 0.29) is 24.9 Å². The summed E-state index contributed by atoms with van der Waals surface area (Å²) in [4.78, 5) is 24.0. The van der Waals surface area contributed by atoms with Crippen LogP contribution in [0.15, 0.2) is 48.5 Å². The highest BCUT2D eigenvalue weighted by molar-refractivity contribution is 7.92. The summed E-state index contributed by atoms with van der Waals surface area (Å²) in [6.07, 6.45) is 1.05. The Hall–Kier alpha value is -3.07. The van der Waals surface area contributed by atoms with Crippen molar-refractivity contribution in [2.75, 3.05) is 31.2 Å². The van der Waals surface area contributed by atoms with E-state index in [4.69, 9.17) is 4.74 Å². The van der Waals surface area contributed by atoms with Crippen LogP contribution < -0.4 is 20.1 Å². The molecule has 9 heteroatoms. The van der Waals surface area contributed by atoms with Crippen molar-refractivity contribution < 1.29 is 22.7 Å². The zero-order chi connectivity index (χ0) is 19.9.